The Morgan fingerprint density at radius 1 is 0.929 bits per heavy atom. The topological polar surface area (TPSA) is 89.6 Å². The van der Waals surface area contributed by atoms with Crippen molar-refractivity contribution in [2.45, 2.75) is 64.5 Å². The first kappa shape index (κ1) is 29.6. The van der Waals surface area contributed by atoms with Gasteiger partial charge in [-0.2, -0.15) is 36.2 Å². The maximum absolute atomic E-state index is 13.6. The highest BCUT2D eigenvalue weighted by Gasteiger charge is 2.37. The molecule has 3 aromatic heterocycles. The molecule has 1 saturated carbocycles. The number of aromatic nitrogens is 7. The van der Waals surface area contributed by atoms with E-state index in [4.69, 9.17) is 4.98 Å². The average Bonchev–Trinajstić information content (AvgIpc) is 3.64. The standard InChI is InChI=1S/C27H31F6N9/c1-16-22-12-19(23(35-24(22)40(2)37-16)34-9-8-17-6-4-5-7-17)15-42(25-36-39-41(3)38-25)14-18-10-20(26(28,29)30)13-21(11-18)27(31,32)33/h10-13,17H,4-9,14-15H2,1-3H3,(H,34,35). The molecule has 42 heavy (non-hydrogen) atoms. The maximum atomic E-state index is 13.6. The van der Waals surface area contributed by atoms with Crippen LogP contribution in [0.3, 0.4) is 0 Å². The van der Waals surface area contributed by atoms with Crippen LogP contribution in [-0.2, 0) is 39.5 Å². The fraction of sp³-hybridized carbons (Fsp3) is 0.519. The highest BCUT2D eigenvalue weighted by Crippen LogP contribution is 2.37. The Labute approximate surface area is 237 Å². The Balaban J connectivity index is 1.52. The predicted octanol–water partition coefficient (Wildman–Crippen LogP) is 6.04. The average molecular weight is 596 g/mol. The third-order valence-electron chi connectivity index (χ3n) is 7.56. The summed E-state index contributed by atoms with van der Waals surface area (Å²) >= 11 is 0. The van der Waals surface area contributed by atoms with Gasteiger partial charge in [0.1, 0.15) is 5.82 Å². The lowest BCUT2D eigenvalue weighted by molar-refractivity contribution is -0.143. The Morgan fingerprint density at radius 3 is 2.19 bits per heavy atom. The van der Waals surface area contributed by atoms with E-state index in [1.54, 1.807) is 11.7 Å². The molecule has 3 heterocycles. The number of nitrogens with one attached hydrogen (secondary N) is 1. The number of rotatable bonds is 9. The van der Waals surface area contributed by atoms with Crippen molar-refractivity contribution in [2.75, 3.05) is 16.8 Å². The Kier molecular flexibility index (Phi) is 8.03. The summed E-state index contributed by atoms with van der Waals surface area (Å²) < 4.78 is 83.1. The van der Waals surface area contributed by atoms with Gasteiger partial charge < -0.3 is 10.2 Å². The number of hydrogen-bond donors (Lipinski definition) is 1. The number of benzene rings is 1. The molecule has 0 radical (unpaired) electrons. The van der Waals surface area contributed by atoms with Crippen LogP contribution in [0.25, 0.3) is 11.0 Å². The predicted molar refractivity (Wildman–Crippen MR) is 143 cm³/mol. The minimum Gasteiger partial charge on any atom is -0.370 e. The summed E-state index contributed by atoms with van der Waals surface area (Å²) in [5, 5.41) is 20.7. The smallest absolute Gasteiger partial charge is 0.370 e. The molecular formula is C27H31F6N9. The maximum Gasteiger partial charge on any atom is 0.416 e. The SMILES string of the molecule is Cc1nn(C)c2nc(NCCC3CCCC3)c(CN(Cc3cc(C(F)(F)F)cc(C(F)(F)F)c3)c3nnn(C)n3)cc12. The molecule has 1 aromatic carbocycles. The number of anilines is 2. The molecule has 1 N–H and O–H groups in total. The van der Waals surface area contributed by atoms with Gasteiger partial charge in [-0.3, -0.25) is 4.68 Å². The first-order valence-electron chi connectivity index (χ1n) is 13.6. The van der Waals surface area contributed by atoms with Crippen LogP contribution in [-0.4, -0.2) is 41.5 Å². The van der Waals surface area contributed by atoms with Gasteiger partial charge >= 0.3 is 12.4 Å². The minimum absolute atomic E-state index is 0.0341. The first-order chi connectivity index (χ1) is 19.8. The number of aryl methyl sites for hydroxylation is 3. The quantitative estimate of drug-likeness (QED) is 0.236. The van der Waals surface area contributed by atoms with E-state index in [0.717, 1.165) is 17.5 Å². The van der Waals surface area contributed by atoms with E-state index in [-0.39, 0.29) is 30.7 Å². The van der Waals surface area contributed by atoms with Crippen LogP contribution in [0, 0.1) is 12.8 Å². The zero-order valence-electron chi connectivity index (χ0n) is 23.4. The summed E-state index contributed by atoms with van der Waals surface area (Å²) in [6.07, 6.45) is -4.15. The molecule has 0 atom stereocenters. The first-order valence-corrected chi connectivity index (χ1v) is 13.6. The monoisotopic (exact) mass is 595 g/mol. The fourth-order valence-electron chi connectivity index (χ4n) is 5.49. The number of pyridine rings is 1. The van der Waals surface area contributed by atoms with Crippen molar-refractivity contribution < 1.29 is 26.3 Å². The van der Waals surface area contributed by atoms with E-state index in [1.807, 2.05) is 13.0 Å². The van der Waals surface area contributed by atoms with Crippen LogP contribution in [0.4, 0.5) is 38.1 Å². The molecular weight excluding hydrogens is 564 g/mol. The van der Waals surface area contributed by atoms with E-state index in [0.29, 0.717) is 41.6 Å². The minimum atomic E-state index is -4.96. The molecule has 4 aromatic rings. The van der Waals surface area contributed by atoms with E-state index >= 15 is 0 Å². The third kappa shape index (κ3) is 6.59. The van der Waals surface area contributed by atoms with Crippen molar-refractivity contribution in [1.29, 1.82) is 0 Å². The number of nitrogens with zero attached hydrogens (tertiary/aromatic N) is 8. The number of alkyl halides is 6. The highest BCUT2D eigenvalue weighted by molar-refractivity contribution is 5.81. The molecule has 5 rings (SSSR count). The van der Waals surface area contributed by atoms with Crippen LogP contribution in [0.5, 0.6) is 0 Å². The molecule has 0 aliphatic heterocycles. The molecule has 9 nitrogen and oxygen atoms in total. The fourth-order valence-corrected chi connectivity index (χ4v) is 5.49. The molecule has 1 aliphatic carbocycles. The van der Waals surface area contributed by atoms with Gasteiger partial charge in [-0.25, -0.2) is 4.98 Å². The van der Waals surface area contributed by atoms with Gasteiger partial charge in [-0.05, 0) is 54.3 Å². The summed E-state index contributed by atoms with van der Waals surface area (Å²) in [6.45, 7) is 2.19. The van der Waals surface area contributed by atoms with Crippen molar-refractivity contribution in [3.05, 3.63) is 52.2 Å². The van der Waals surface area contributed by atoms with E-state index in [2.05, 4.69) is 25.8 Å². The van der Waals surface area contributed by atoms with Crippen molar-refractivity contribution >= 4 is 22.8 Å². The normalized spacial score (nSPS) is 14.7. The van der Waals surface area contributed by atoms with Crippen LogP contribution in [0.2, 0.25) is 0 Å². The molecule has 226 valence electrons. The zero-order chi connectivity index (χ0) is 30.2. The van der Waals surface area contributed by atoms with Crippen LogP contribution < -0.4 is 10.2 Å². The van der Waals surface area contributed by atoms with Crippen LogP contribution >= 0.6 is 0 Å². The summed E-state index contributed by atoms with van der Waals surface area (Å²) in [6, 6.07) is 3.43. The Morgan fingerprint density at radius 2 is 1.60 bits per heavy atom. The summed E-state index contributed by atoms with van der Waals surface area (Å²) in [7, 11) is 3.30. The number of hydrogen-bond acceptors (Lipinski definition) is 7. The molecule has 15 heteroatoms. The second kappa shape index (κ2) is 11.4. The van der Waals surface area contributed by atoms with Crippen molar-refractivity contribution in [3.63, 3.8) is 0 Å². The van der Waals surface area contributed by atoms with Gasteiger partial charge in [0.05, 0.1) is 23.9 Å². The van der Waals surface area contributed by atoms with E-state index in [1.165, 1.54) is 42.4 Å². The lowest BCUT2D eigenvalue weighted by atomic mass is 10.0. The molecule has 0 saturated heterocycles. The number of tetrazole rings is 1. The largest absolute Gasteiger partial charge is 0.416 e. The molecule has 1 fully saturated rings. The van der Waals surface area contributed by atoms with Crippen molar-refractivity contribution in [3.8, 4) is 0 Å². The summed E-state index contributed by atoms with van der Waals surface area (Å²) in [5.74, 6) is 1.23. The van der Waals surface area contributed by atoms with Crippen molar-refractivity contribution in [1.82, 2.24) is 35.0 Å². The van der Waals surface area contributed by atoms with Gasteiger partial charge in [0.2, 0.25) is 0 Å². The van der Waals surface area contributed by atoms with Gasteiger partial charge in [-0.15, -0.1) is 5.10 Å². The van der Waals surface area contributed by atoms with Crippen LogP contribution in [0.1, 0.15) is 60.1 Å². The molecule has 0 amide bonds. The van der Waals surface area contributed by atoms with Gasteiger partial charge in [0, 0.05) is 37.6 Å². The Hall–Kier alpha value is -3.91. The molecule has 0 unspecified atom stereocenters. The van der Waals surface area contributed by atoms with Gasteiger partial charge in [0.15, 0.2) is 5.65 Å². The van der Waals surface area contributed by atoms with Gasteiger partial charge in [-0.1, -0.05) is 30.8 Å². The highest BCUT2D eigenvalue weighted by atomic mass is 19.4. The lowest BCUT2D eigenvalue weighted by Gasteiger charge is -2.24. The zero-order valence-corrected chi connectivity index (χ0v) is 23.4. The van der Waals surface area contributed by atoms with Crippen LogP contribution in [0.15, 0.2) is 24.3 Å². The molecule has 0 spiro atoms. The number of halogens is 6. The molecule has 0 bridgehead atoms. The summed E-state index contributed by atoms with van der Waals surface area (Å²) in [5.41, 5.74) is -0.926. The third-order valence-corrected chi connectivity index (χ3v) is 7.56. The van der Waals surface area contributed by atoms with Gasteiger partial charge in [0.25, 0.3) is 5.95 Å². The second-order valence-electron chi connectivity index (χ2n) is 10.8. The second-order valence-corrected chi connectivity index (χ2v) is 10.8. The summed E-state index contributed by atoms with van der Waals surface area (Å²) in [4.78, 5) is 7.47. The lowest BCUT2D eigenvalue weighted by Crippen LogP contribution is -2.25. The van der Waals surface area contributed by atoms with Crippen molar-refractivity contribution in [2.24, 2.45) is 20.0 Å². The van der Waals surface area contributed by atoms with E-state index in [9.17, 15) is 26.3 Å². The number of fused-ring (bicyclic) bond motifs is 1. The Bertz CT molecular complexity index is 1520. The molecule has 1 aliphatic rings. The van der Waals surface area contributed by atoms with E-state index < -0.39 is 23.5 Å².